The van der Waals surface area contributed by atoms with E-state index in [2.05, 4.69) is 15.3 Å². The zero-order valence-electron chi connectivity index (χ0n) is 11.2. The Morgan fingerprint density at radius 2 is 2.05 bits per heavy atom. The Kier molecular flexibility index (Phi) is 3.47. The molecule has 5 heteroatoms. The first-order chi connectivity index (χ1) is 10.2. The Morgan fingerprint density at radius 3 is 2.81 bits per heavy atom. The third-order valence-corrected chi connectivity index (χ3v) is 3.10. The predicted molar refractivity (Wildman–Crippen MR) is 79.5 cm³/mol. The lowest BCUT2D eigenvalue weighted by atomic mass is 10.1. The molecule has 1 aliphatic heterocycles. The van der Waals surface area contributed by atoms with Crippen LogP contribution in [0.25, 0.3) is 17.1 Å². The average molecular weight is 279 g/mol. The Morgan fingerprint density at radius 1 is 1.19 bits per heavy atom. The number of hydrogen-bond donors (Lipinski definition) is 2. The molecule has 0 spiro atoms. The molecule has 104 valence electrons. The minimum atomic E-state index is -0.975. The van der Waals surface area contributed by atoms with Crippen LogP contribution in [-0.4, -0.2) is 27.6 Å². The van der Waals surface area contributed by atoms with Crippen LogP contribution in [0.5, 0.6) is 0 Å². The van der Waals surface area contributed by atoms with E-state index in [9.17, 15) is 4.79 Å². The van der Waals surface area contributed by atoms with Crippen LogP contribution in [0.2, 0.25) is 0 Å². The highest BCUT2D eigenvalue weighted by atomic mass is 16.4. The second-order valence-corrected chi connectivity index (χ2v) is 4.53. The van der Waals surface area contributed by atoms with Crippen LogP contribution >= 0.6 is 0 Å². The maximum Gasteiger partial charge on any atom is 0.335 e. The summed E-state index contributed by atoms with van der Waals surface area (Å²) < 4.78 is 0. The summed E-state index contributed by atoms with van der Waals surface area (Å²) in [5.74, 6) is -0.975. The van der Waals surface area contributed by atoms with Crippen molar-refractivity contribution in [1.82, 2.24) is 15.3 Å². The molecule has 0 unspecified atom stereocenters. The number of pyridine rings is 2. The van der Waals surface area contributed by atoms with Crippen LogP contribution in [0.3, 0.4) is 0 Å². The Hall–Kier alpha value is -2.95. The predicted octanol–water partition coefficient (Wildman–Crippen LogP) is 2.34. The van der Waals surface area contributed by atoms with Crippen molar-refractivity contribution >= 4 is 11.7 Å². The second-order valence-electron chi connectivity index (χ2n) is 4.53. The lowest BCUT2D eigenvalue weighted by molar-refractivity contribution is 0.0697. The number of carboxylic acid groups (broad SMARTS) is 1. The number of carbonyl (C=O) groups is 1. The molecule has 3 rings (SSSR count). The Balaban J connectivity index is 2.00. The molecule has 0 saturated carbocycles. The first-order valence-electron chi connectivity index (χ1n) is 6.52. The number of dihydropyridines is 1. The second kappa shape index (κ2) is 5.58. The highest BCUT2D eigenvalue weighted by molar-refractivity contribution is 5.88. The van der Waals surface area contributed by atoms with E-state index in [-0.39, 0.29) is 5.56 Å². The number of nitrogens with zero attached hydrogens (tertiary/aromatic N) is 2. The molecule has 2 aromatic heterocycles. The van der Waals surface area contributed by atoms with E-state index in [0.717, 1.165) is 17.9 Å². The summed E-state index contributed by atoms with van der Waals surface area (Å²) in [6, 6.07) is 8.59. The van der Waals surface area contributed by atoms with Gasteiger partial charge in [0.1, 0.15) is 0 Å². The van der Waals surface area contributed by atoms with Crippen molar-refractivity contribution < 1.29 is 9.90 Å². The van der Waals surface area contributed by atoms with Crippen LogP contribution < -0.4 is 5.32 Å². The molecule has 0 aliphatic carbocycles. The molecule has 0 fully saturated rings. The summed E-state index contributed by atoms with van der Waals surface area (Å²) in [5, 5.41) is 12.3. The van der Waals surface area contributed by atoms with Gasteiger partial charge in [-0.25, -0.2) is 9.78 Å². The van der Waals surface area contributed by atoms with Crippen LogP contribution in [0, 0.1) is 0 Å². The van der Waals surface area contributed by atoms with Crippen molar-refractivity contribution in [2.45, 2.75) is 0 Å². The Bertz CT molecular complexity index is 751. The van der Waals surface area contributed by atoms with Gasteiger partial charge in [-0.2, -0.15) is 0 Å². The number of allylic oxidation sites excluding steroid dienone is 2. The smallest absolute Gasteiger partial charge is 0.335 e. The molecular formula is C16H13N3O2. The van der Waals surface area contributed by atoms with Crippen molar-refractivity contribution in [3.63, 3.8) is 0 Å². The van der Waals surface area contributed by atoms with Gasteiger partial charge in [0.25, 0.3) is 0 Å². The fourth-order valence-corrected chi connectivity index (χ4v) is 2.07. The molecule has 2 N–H and O–H groups in total. The van der Waals surface area contributed by atoms with E-state index in [4.69, 9.17) is 5.11 Å². The molecular weight excluding hydrogens is 266 g/mol. The fourth-order valence-electron chi connectivity index (χ4n) is 2.07. The van der Waals surface area contributed by atoms with Gasteiger partial charge in [-0.3, -0.25) is 4.98 Å². The third kappa shape index (κ3) is 2.81. The molecule has 0 saturated heterocycles. The molecule has 1 aliphatic rings. The van der Waals surface area contributed by atoms with Gasteiger partial charge in [0.05, 0.1) is 28.3 Å². The molecule has 0 bridgehead atoms. The molecule has 0 radical (unpaired) electrons. The zero-order chi connectivity index (χ0) is 14.7. The van der Waals surface area contributed by atoms with Crippen LogP contribution in [-0.2, 0) is 0 Å². The molecule has 5 nitrogen and oxygen atoms in total. The largest absolute Gasteiger partial charge is 0.478 e. The van der Waals surface area contributed by atoms with E-state index >= 15 is 0 Å². The van der Waals surface area contributed by atoms with E-state index in [1.54, 1.807) is 0 Å². The quantitative estimate of drug-likeness (QED) is 0.902. The normalized spacial score (nSPS) is 13.4. The van der Waals surface area contributed by atoms with Crippen molar-refractivity contribution in [2.24, 2.45) is 0 Å². The van der Waals surface area contributed by atoms with Gasteiger partial charge >= 0.3 is 5.97 Å². The number of carboxylic acids is 1. The summed E-state index contributed by atoms with van der Waals surface area (Å²) in [7, 11) is 0. The standard InChI is InChI=1S/C16H13N3O2/c20-16(21)11-7-9-18-15(10-11)14-6-3-5-13(19-14)12-4-1-2-8-17-12/h1-7,9-10,17H,8H2,(H,20,21). The topological polar surface area (TPSA) is 75.1 Å². The van der Waals surface area contributed by atoms with E-state index in [0.29, 0.717) is 11.4 Å². The molecule has 0 atom stereocenters. The minimum Gasteiger partial charge on any atom is -0.478 e. The maximum atomic E-state index is 11.0. The monoisotopic (exact) mass is 279 g/mol. The molecule has 2 aromatic rings. The zero-order valence-corrected chi connectivity index (χ0v) is 11.2. The van der Waals surface area contributed by atoms with Gasteiger partial charge in [0.2, 0.25) is 0 Å². The van der Waals surface area contributed by atoms with Gasteiger partial charge < -0.3 is 10.4 Å². The molecule has 3 heterocycles. The molecule has 21 heavy (non-hydrogen) atoms. The lowest BCUT2D eigenvalue weighted by Crippen LogP contribution is -2.15. The summed E-state index contributed by atoms with van der Waals surface area (Å²) in [4.78, 5) is 19.8. The summed E-state index contributed by atoms with van der Waals surface area (Å²) in [6.45, 7) is 0.768. The number of hydrogen-bond acceptors (Lipinski definition) is 4. The number of aromatic carboxylic acids is 1. The van der Waals surface area contributed by atoms with Gasteiger partial charge in [-0.1, -0.05) is 18.2 Å². The lowest BCUT2D eigenvalue weighted by Gasteiger charge is -2.12. The first-order valence-corrected chi connectivity index (χ1v) is 6.52. The first kappa shape index (κ1) is 13.1. The van der Waals surface area contributed by atoms with Gasteiger partial charge in [-0.15, -0.1) is 0 Å². The molecule has 0 amide bonds. The SMILES string of the molecule is O=C(O)c1ccnc(-c2cccc(C3=CC=CCN3)n2)c1. The average Bonchev–Trinajstić information content (AvgIpc) is 2.56. The fraction of sp³-hybridized carbons (Fsp3) is 0.0625. The maximum absolute atomic E-state index is 11.0. The third-order valence-electron chi connectivity index (χ3n) is 3.10. The van der Waals surface area contributed by atoms with Gasteiger partial charge in [-0.05, 0) is 30.3 Å². The highest BCUT2D eigenvalue weighted by Gasteiger charge is 2.09. The summed E-state index contributed by atoms with van der Waals surface area (Å²) in [6.07, 6.45) is 7.43. The van der Waals surface area contributed by atoms with Gasteiger partial charge in [0.15, 0.2) is 0 Å². The Labute approximate surface area is 121 Å². The van der Waals surface area contributed by atoms with E-state index in [1.807, 2.05) is 36.4 Å². The van der Waals surface area contributed by atoms with Crippen molar-refractivity contribution in [3.05, 3.63) is 66.0 Å². The van der Waals surface area contributed by atoms with Crippen molar-refractivity contribution in [1.29, 1.82) is 0 Å². The highest BCUT2D eigenvalue weighted by Crippen LogP contribution is 2.19. The molecule has 0 aromatic carbocycles. The van der Waals surface area contributed by atoms with Crippen molar-refractivity contribution in [3.8, 4) is 11.4 Å². The van der Waals surface area contributed by atoms with E-state index < -0.39 is 5.97 Å². The van der Waals surface area contributed by atoms with E-state index in [1.165, 1.54) is 18.3 Å². The van der Waals surface area contributed by atoms with Gasteiger partial charge in [0, 0.05) is 12.7 Å². The number of rotatable bonds is 3. The van der Waals surface area contributed by atoms with Crippen LogP contribution in [0.15, 0.2) is 54.8 Å². The number of aromatic nitrogens is 2. The van der Waals surface area contributed by atoms with Crippen LogP contribution in [0.1, 0.15) is 16.1 Å². The minimum absolute atomic E-state index is 0.199. The summed E-state index contributed by atoms with van der Waals surface area (Å²) >= 11 is 0. The number of nitrogens with one attached hydrogen (secondary N) is 1. The van der Waals surface area contributed by atoms with Crippen LogP contribution in [0.4, 0.5) is 0 Å². The summed E-state index contributed by atoms with van der Waals surface area (Å²) in [5.41, 5.74) is 3.13. The van der Waals surface area contributed by atoms with Crippen molar-refractivity contribution in [2.75, 3.05) is 6.54 Å².